The van der Waals surface area contributed by atoms with Gasteiger partial charge in [0.05, 0.1) is 6.04 Å². The Hall–Kier alpha value is -3.44. The lowest BCUT2D eigenvalue weighted by atomic mass is 9.85. The number of rotatable bonds is 15. The van der Waals surface area contributed by atoms with E-state index in [9.17, 15) is 28.8 Å². The van der Waals surface area contributed by atoms with Crippen LogP contribution in [0.25, 0.3) is 0 Å². The summed E-state index contributed by atoms with van der Waals surface area (Å²) in [5.41, 5.74) is -0.989. The van der Waals surface area contributed by atoms with Crippen molar-refractivity contribution in [3.63, 3.8) is 0 Å². The second kappa shape index (κ2) is 21.5. The maximum absolute atomic E-state index is 13.2. The van der Waals surface area contributed by atoms with Crippen molar-refractivity contribution in [3.8, 4) is 0 Å². The lowest BCUT2D eigenvalue weighted by Gasteiger charge is -2.35. The van der Waals surface area contributed by atoms with Crippen LogP contribution in [0.15, 0.2) is 12.7 Å². The molecule has 2 aliphatic rings. The molecule has 4 atom stereocenters. The first-order valence-corrected chi connectivity index (χ1v) is 17.6. The van der Waals surface area contributed by atoms with Gasteiger partial charge in [-0.3, -0.25) is 19.2 Å². The second-order valence-corrected chi connectivity index (χ2v) is 14.7. The number of carbonyl (C=O) groups is 6. The third-order valence-corrected chi connectivity index (χ3v) is 8.15. The van der Waals surface area contributed by atoms with Crippen LogP contribution in [0.3, 0.4) is 0 Å². The Balaban J connectivity index is 0.00000103. The van der Waals surface area contributed by atoms with Gasteiger partial charge in [0.1, 0.15) is 17.7 Å². The number of hydrogen-bond donors (Lipinski definition) is 4. The molecular weight excluding hydrogens is 614 g/mol. The molecule has 0 radical (unpaired) electrons. The van der Waals surface area contributed by atoms with Crippen LogP contribution >= 0.6 is 0 Å². The molecule has 0 aromatic heterocycles. The van der Waals surface area contributed by atoms with E-state index in [1.807, 2.05) is 67.2 Å². The molecule has 0 spiro atoms. The average Bonchev–Trinajstić information content (AvgIpc) is 3.78. The monoisotopic (exact) mass is 679 g/mol. The van der Waals surface area contributed by atoms with Crippen molar-refractivity contribution in [1.29, 1.82) is 0 Å². The first kappa shape index (κ1) is 44.6. The van der Waals surface area contributed by atoms with Gasteiger partial charge in [-0.25, -0.2) is 9.59 Å². The van der Waals surface area contributed by atoms with Crippen molar-refractivity contribution < 1.29 is 33.5 Å². The topological polar surface area (TPSA) is 163 Å². The Morgan fingerprint density at radius 3 is 1.98 bits per heavy atom. The molecular formula is C36H65N5O7. The first-order valence-electron chi connectivity index (χ1n) is 17.6. The third kappa shape index (κ3) is 15.6. The summed E-state index contributed by atoms with van der Waals surface area (Å²) < 4.78 is 5.74. The van der Waals surface area contributed by atoms with E-state index in [1.165, 1.54) is 12.5 Å². The summed E-state index contributed by atoms with van der Waals surface area (Å²) in [4.78, 5) is 73.5. The zero-order chi connectivity index (χ0) is 37.2. The highest BCUT2D eigenvalue weighted by molar-refractivity contribution is 6.38. The molecule has 0 aromatic carbocycles. The highest BCUT2D eigenvalue weighted by Gasteiger charge is 2.43. The van der Waals surface area contributed by atoms with Crippen molar-refractivity contribution in [2.45, 2.75) is 151 Å². The Bertz CT molecular complexity index is 1070. The number of ether oxygens (including phenoxy) is 1. The van der Waals surface area contributed by atoms with Crippen molar-refractivity contribution in [3.05, 3.63) is 12.7 Å². The maximum atomic E-state index is 13.2. The Labute approximate surface area is 289 Å². The fraction of sp³-hybridized carbons (Fsp3) is 0.778. The molecule has 4 N–H and O–H groups in total. The van der Waals surface area contributed by atoms with Crippen LogP contribution in [0.1, 0.15) is 121 Å². The molecule has 1 aliphatic heterocycles. The summed E-state index contributed by atoms with van der Waals surface area (Å²) in [5, 5.41) is 10.3. The molecule has 5 amide bonds. The molecule has 12 heteroatoms. The SMILES string of the molecule is C=CCNC(=O)C(=O)C(CCC)NC=O.CC(C)C(NC(=O)NC(C(=O)N1CCCC1C)C(C)(C)C)C(=O)OC(C)(C)C1CC1.CCC. The maximum Gasteiger partial charge on any atom is 0.329 e. The van der Waals surface area contributed by atoms with E-state index >= 15 is 0 Å². The van der Waals surface area contributed by atoms with Gasteiger partial charge in [0.25, 0.3) is 5.91 Å². The zero-order valence-electron chi connectivity index (χ0n) is 31.5. The van der Waals surface area contributed by atoms with Crippen LogP contribution in [0, 0.1) is 17.3 Å². The van der Waals surface area contributed by atoms with Gasteiger partial charge >= 0.3 is 12.0 Å². The fourth-order valence-electron chi connectivity index (χ4n) is 5.14. The van der Waals surface area contributed by atoms with E-state index in [4.69, 9.17) is 4.74 Å². The number of Topliss-reactive ketones (excluding diaryl/α,β-unsaturated/α-hetero) is 1. The number of likely N-dealkylation sites (tertiary alicyclic amines) is 1. The number of esters is 1. The second-order valence-electron chi connectivity index (χ2n) is 14.7. The van der Waals surface area contributed by atoms with E-state index in [2.05, 4.69) is 41.7 Å². The summed E-state index contributed by atoms with van der Waals surface area (Å²) in [6.45, 7) is 25.9. The van der Waals surface area contributed by atoms with Gasteiger partial charge in [-0.15, -0.1) is 6.58 Å². The van der Waals surface area contributed by atoms with Gasteiger partial charge in [0, 0.05) is 19.1 Å². The van der Waals surface area contributed by atoms with Crippen LogP contribution in [0.2, 0.25) is 0 Å². The molecule has 0 aromatic rings. The average molecular weight is 680 g/mol. The number of amides is 5. The van der Waals surface area contributed by atoms with E-state index in [0.29, 0.717) is 31.7 Å². The highest BCUT2D eigenvalue weighted by atomic mass is 16.6. The van der Waals surface area contributed by atoms with E-state index < -0.39 is 52.8 Å². The van der Waals surface area contributed by atoms with Gasteiger partial charge in [0.2, 0.25) is 18.1 Å². The number of nitrogens with zero attached hydrogens (tertiary/aromatic N) is 1. The molecule has 1 aliphatic carbocycles. The van der Waals surface area contributed by atoms with Crippen molar-refractivity contribution in [2.75, 3.05) is 13.1 Å². The third-order valence-electron chi connectivity index (χ3n) is 8.15. The predicted octanol–water partition coefficient (Wildman–Crippen LogP) is 4.66. The summed E-state index contributed by atoms with van der Waals surface area (Å²) in [6.07, 6.45) is 8.41. The summed E-state index contributed by atoms with van der Waals surface area (Å²) in [5.74, 6) is -1.56. The molecule has 48 heavy (non-hydrogen) atoms. The Morgan fingerprint density at radius 2 is 1.56 bits per heavy atom. The standard InChI is InChI=1S/C23H41N3O4.C10H16N2O3.C3H8/c1-14(2)17(20(28)30-23(7,8)16-11-12-16)24-21(29)25-18(22(4,5)6)19(27)26-13-9-10-15(26)3;1-3-5-8(12-7-13)9(14)10(15)11-6-4-2;1-3-2/h14-18H,9-13H2,1-8H3,(H2,24,25,29);4,7-8H,2-3,5-6H2,1H3,(H,11,15)(H,12,13);3H2,1-2H3. The molecule has 276 valence electrons. The van der Waals surface area contributed by atoms with Gasteiger partial charge in [-0.1, -0.05) is 74.3 Å². The molecule has 1 saturated carbocycles. The van der Waals surface area contributed by atoms with Crippen LogP contribution in [-0.4, -0.2) is 83.8 Å². The molecule has 4 unspecified atom stereocenters. The summed E-state index contributed by atoms with van der Waals surface area (Å²) in [7, 11) is 0. The van der Waals surface area contributed by atoms with Crippen LogP contribution in [-0.2, 0) is 28.7 Å². The molecule has 2 fully saturated rings. The Morgan fingerprint density at radius 1 is 0.979 bits per heavy atom. The first-order chi connectivity index (χ1) is 22.3. The van der Waals surface area contributed by atoms with Gasteiger partial charge in [-0.05, 0) is 70.1 Å². The van der Waals surface area contributed by atoms with Gasteiger partial charge < -0.3 is 30.9 Å². The van der Waals surface area contributed by atoms with Crippen molar-refractivity contribution in [2.24, 2.45) is 17.3 Å². The van der Waals surface area contributed by atoms with Gasteiger partial charge in [0.15, 0.2) is 0 Å². The molecule has 0 bridgehead atoms. The summed E-state index contributed by atoms with van der Waals surface area (Å²) in [6, 6.07) is -2.52. The van der Waals surface area contributed by atoms with Crippen molar-refractivity contribution in [1.82, 2.24) is 26.2 Å². The van der Waals surface area contributed by atoms with Crippen LogP contribution < -0.4 is 21.3 Å². The van der Waals surface area contributed by atoms with Crippen molar-refractivity contribution >= 4 is 36.0 Å². The largest absolute Gasteiger partial charge is 0.458 e. The van der Waals surface area contributed by atoms with Crippen LogP contribution in [0.4, 0.5) is 4.79 Å². The normalized spacial score (nSPS) is 17.6. The minimum absolute atomic E-state index is 0.0683. The fourth-order valence-corrected chi connectivity index (χ4v) is 5.14. The smallest absolute Gasteiger partial charge is 0.329 e. The lowest BCUT2D eigenvalue weighted by molar-refractivity contribution is -0.162. The lowest BCUT2D eigenvalue weighted by Crippen LogP contribution is -2.59. The van der Waals surface area contributed by atoms with E-state index in [1.54, 1.807) is 0 Å². The number of carbonyl (C=O) groups excluding carboxylic acids is 6. The van der Waals surface area contributed by atoms with Crippen LogP contribution in [0.5, 0.6) is 0 Å². The van der Waals surface area contributed by atoms with Gasteiger partial charge in [-0.2, -0.15) is 0 Å². The molecule has 1 saturated heterocycles. The van der Waals surface area contributed by atoms with E-state index in [0.717, 1.165) is 25.7 Å². The Kier molecular flexibility index (Phi) is 20.0. The molecule has 12 nitrogen and oxygen atoms in total. The number of nitrogens with one attached hydrogen (secondary N) is 4. The predicted molar refractivity (Wildman–Crippen MR) is 189 cm³/mol. The summed E-state index contributed by atoms with van der Waals surface area (Å²) >= 11 is 0. The molecule has 1 heterocycles. The quantitative estimate of drug-likeness (QED) is 0.0847. The minimum Gasteiger partial charge on any atom is -0.458 e. The minimum atomic E-state index is -0.774. The highest BCUT2D eigenvalue weighted by Crippen LogP contribution is 2.41. The molecule has 2 rings (SSSR count). The van der Waals surface area contributed by atoms with E-state index in [-0.39, 0.29) is 24.4 Å². The number of ketones is 1. The zero-order valence-corrected chi connectivity index (χ0v) is 31.5. The number of urea groups is 1. The number of hydrogen-bond acceptors (Lipinski definition) is 7.